The highest BCUT2D eigenvalue weighted by molar-refractivity contribution is 5.89. The van der Waals surface area contributed by atoms with Crippen LogP contribution >= 0.6 is 0 Å². The predicted molar refractivity (Wildman–Crippen MR) is 132 cm³/mol. The minimum atomic E-state index is -0.299. The molecule has 0 aromatic heterocycles. The van der Waals surface area contributed by atoms with Gasteiger partial charge in [-0.2, -0.15) is 5.10 Å². The van der Waals surface area contributed by atoms with Crippen LogP contribution < -0.4 is 14.9 Å². The zero-order chi connectivity index (χ0) is 23.3. The third-order valence-corrected chi connectivity index (χ3v) is 6.10. The molecule has 3 aromatic carbocycles. The molecule has 0 saturated heterocycles. The van der Waals surface area contributed by atoms with Crippen molar-refractivity contribution >= 4 is 18.2 Å². The van der Waals surface area contributed by atoms with Gasteiger partial charge >= 0.3 is 0 Å². The number of ether oxygens (including phenoxy) is 2. The highest BCUT2D eigenvalue weighted by Crippen LogP contribution is 2.58. The lowest BCUT2D eigenvalue weighted by atomic mass is 9.85. The summed E-state index contributed by atoms with van der Waals surface area (Å²) in [7, 11) is 3.22. The molecular weight excluding hydrogens is 412 g/mol. The van der Waals surface area contributed by atoms with E-state index in [1.54, 1.807) is 20.4 Å². The molecule has 1 fully saturated rings. The molecule has 1 atom stereocenters. The Morgan fingerprint density at radius 1 is 0.939 bits per heavy atom. The van der Waals surface area contributed by atoms with E-state index in [0.29, 0.717) is 11.5 Å². The Hall–Kier alpha value is -3.86. The van der Waals surface area contributed by atoms with Gasteiger partial charge in [-0.3, -0.25) is 4.79 Å². The third kappa shape index (κ3) is 4.67. The first-order valence-electron chi connectivity index (χ1n) is 10.9. The Morgan fingerprint density at radius 3 is 2.12 bits per heavy atom. The van der Waals surface area contributed by atoms with Gasteiger partial charge in [0.05, 0.1) is 26.4 Å². The predicted octanol–water partition coefficient (Wildman–Crippen LogP) is 5.22. The lowest BCUT2D eigenvalue weighted by molar-refractivity contribution is -0.122. The molecule has 5 heteroatoms. The van der Waals surface area contributed by atoms with E-state index in [2.05, 4.69) is 34.8 Å². The van der Waals surface area contributed by atoms with Crippen molar-refractivity contribution < 1.29 is 14.3 Å². The van der Waals surface area contributed by atoms with E-state index >= 15 is 0 Å². The van der Waals surface area contributed by atoms with Gasteiger partial charge in [-0.25, -0.2) is 5.43 Å². The molecule has 0 heterocycles. The average molecular weight is 441 g/mol. The van der Waals surface area contributed by atoms with E-state index in [1.165, 1.54) is 0 Å². The van der Waals surface area contributed by atoms with Crippen molar-refractivity contribution in [2.75, 3.05) is 14.2 Å². The number of hydrogen-bond acceptors (Lipinski definition) is 4. The number of benzene rings is 3. The SMILES string of the molecule is COc1ccc(/C=C(C)/C=N/NC(=O)C2CC2(c2ccccc2)c2ccccc2)cc1OC. The summed E-state index contributed by atoms with van der Waals surface area (Å²) in [5, 5.41) is 4.21. The van der Waals surface area contributed by atoms with Gasteiger partial charge in [0.25, 0.3) is 0 Å². The fourth-order valence-corrected chi connectivity index (χ4v) is 4.37. The first-order chi connectivity index (χ1) is 16.1. The summed E-state index contributed by atoms with van der Waals surface area (Å²) in [5.41, 5.74) is 6.61. The van der Waals surface area contributed by atoms with E-state index in [-0.39, 0.29) is 17.2 Å². The van der Waals surface area contributed by atoms with Crippen molar-refractivity contribution in [3.8, 4) is 11.5 Å². The summed E-state index contributed by atoms with van der Waals surface area (Å²) in [6, 6.07) is 26.2. The van der Waals surface area contributed by atoms with Gasteiger partial charge in [0.15, 0.2) is 11.5 Å². The van der Waals surface area contributed by atoms with Crippen LogP contribution in [0.2, 0.25) is 0 Å². The largest absolute Gasteiger partial charge is 0.493 e. The fourth-order valence-electron chi connectivity index (χ4n) is 4.37. The smallest absolute Gasteiger partial charge is 0.244 e. The molecule has 1 aliphatic rings. The molecule has 168 valence electrons. The van der Waals surface area contributed by atoms with E-state index in [0.717, 1.165) is 28.7 Å². The second kappa shape index (κ2) is 9.74. The van der Waals surface area contributed by atoms with Crippen molar-refractivity contribution in [3.63, 3.8) is 0 Å². The van der Waals surface area contributed by atoms with Crippen molar-refractivity contribution in [2.45, 2.75) is 18.8 Å². The lowest BCUT2D eigenvalue weighted by Gasteiger charge is -2.18. The maximum absolute atomic E-state index is 13.0. The third-order valence-electron chi connectivity index (χ3n) is 6.10. The highest BCUT2D eigenvalue weighted by atomic mass is 16.5. The van der Waals surface area contributed by atoms with Crippen LogP contribution in [-0.2, 0) is 10.2 Å². The topological polar surface area (TPSA) is 59.9 Å². The van der Waals surface area contributed by atoms with Gasteiger partial charge in [-0.1, -0.05) is 72.8 Å². The Balaban J connectivity index is 1.46. The fraction of sp³-hybridized carbons (Fsp3) is 0.214. The van der Waals surface area contributed by atoms with Crippen LogP contribution in [0.1, 0.15) is 30.0 Å². The Kier molecular flexibility index (Phi) is 6.59. The molecular formula is C28H28N2O3. The molecule has 3 aromatic rings. The highest BCUT2D eigenvalue weighted by Gasteiger charge is 2.60. The summed E-state index contributed by atoms with van der Waals surface area (Å²) in [5.74, 6) is 1.11. The van der Waals surface area contributed by atoms with Crippen LogP contribution in [0.25, 0.3) is 6.08 Å². The number of hydrogen-bond donors (Lipinski definition) is 1. The summed E-state index contributed by atoms with van der Waals surface area (Å²) in [6.45, 7) is 1.93. The Morgan fingerprint density at radius 2 is 1.55 bits per heavy atom. The molecule has 1 unspecified atom stereocenters. The Labute approximate surface area is 194 Å². The molecule has 1 amide bonds. The van der Waals surface area contributed by atoms with Crippen LogP contribution in [0, 0.1) is 5.92 Å². The van der Waals surface area contributed by atoms with Crippen LogP contribution in [0.15, 0.2) is 89.5 Å². The number of hydrazone groups is 1. The lowest BCUT2D eigenvalue weighted by Crippen LogP contribution is -2.25. The van der Waals surface area contributed by atoms with Gasteiger partial charge in [0.1, 0.15) is 0 Å². The van der Waals surface area contributed by atoms with E-state index in [4.69, 9.17) is 9.47 Å². The number of nitrogens with zero attached hydrogens (tertiary/aromatic N) is 1. The number of nitrogens with one attached hydrogen (secondary N) is 1. The second-order valence-corrected chi connectivity index (χ2v) is 8.20. The van der Waals surface area contributed by atoms with Crippen molar-refractivity contribution in [1.29, 1.82) is 0 Å². The van der Waals surface area contributed by atoms with Crippen LogP contribution in [0.4, 0.5) is 0 Å². The summed E-state index contributed by atoms with van der Waals surface area (Å²) < 4.78 is 10.6. The number of amides is 1. The molecule has 1 N–H and O–H groups in total. The molecule has 0 bridgehead atoms. The Bertz CT molecular complexity index is 1130. The summed E-state index contributed by atoms with van der Waals surface area (Å²) >= 11 is 0. The number of methoxy groups -OCH3 is 2. The molecule has 1 aliphatic carbocycles. The monoisotopic (exact) mass is 440 g/mol. The van der Waals surface area contributed by atoms with E-state index < -0.39 is 0 Å². The van der Waals surface area contributed by atoms with Gasteiger partial charge in [0, 0.05) is 5.41 Å². The molecule has 0 spiro atoms. The molecule has 5 nitrogen and oxygen atoms in total. The minimum Gasteiger partial charge on any atom is -0.493 e. The van der Waals surface area contributed by atoms with Gasteiger partial charge in [-0.05, 0) is 47.7 Å². The summed E-state index contributed by atoms with van der Waals surface area (Å²) in [6.07, 6.45) is 4.39. The van der Waals surface area contributed by atoms with Crippen LogP contribution in [0.3, 0.4) is 0 Å². The maximum Gasteiger partial charge on any atom is 0.244 e. The zero-order valence-corrected chi connectivity index (χ0v) is 19.1. The van der Waals surface area contributed by atoms with Gasteiger partial charge in [-0.15, -0.1) is 0 Å². The minimum absolute atomic E-state index is 0.0714. The van der Waals surface area contributed by atoms with Crippen LogP contribution in [0.5, 0.6) is 11.5 Å². The normalized spacial score (nSPS) is 16.9. The quantitative estimate of drug-likeness (QED) is 0.386. The maximum atomic E-state index is 13.0. The van der Waals surface area contributed by atoms with Crippen LogP contribution in [-0.4, -0.2) is 26.3 Å². The molecule has 1 saturated carbocycles. The van der Waals surface area contributed by atoms with Crippen molar-refractivity contribution in [3.05, 3.63) is 101 Å². The first-order valence-corrected chi connectivity index (χ1v) is 10.9. The van der Waals surface area contributed by atoms with Gasteiger partial charge < -0.3 is 9.47 Å². The van der Waals surface area contributed by atoms with E-state index in [1.807, 2.05) is 67.6 Å². The number of carbonyl (C=O) groups is 1. The second-order valence-electron chi connectivity index (χ2n) is 8.20. The number of allylic oxidation sites excluding steroid dienone is 1. The average Bonchev–Trinajstić information content (AvgIpc) is 3.62. The van der Waals surface area contributed by atoms with Crippen molar-refractivity contribution in [2.24, 2.45) is 11.0 Å². The molecule has 0 radical (unpaired) electrons. The summed E-state index contributed by atoms with van der Waals surface area (Å²) in [4.78, 5) is 13.0. The standard InChI is InChI=1S/C28H28N2O3/c1-20(16-21-14-15-25(32-2)26(17-21)33-3)19-29-30-27(31)24-18-28(24,22-10-6-4-7-11-22)23-12-8-5-9-13-23/h4-17,19,24H,18H2,1-3H3,(H,30,31)/b20-16+,29-19+. The van der Waals surface area contributed by atoms with E-state index in [9.17, 15) is 4.79 Å². The van der Waals surface area contributed by atoms with Gasteiger partial charge in [0.2, 0.25) is 5.91 Å². The van der Waals surface area contributed by atoms with Crippen molar-refractivity contribution in [1.82, 2.24) is 5.43 Å². The first kappa shape index (κ1) is 22.3. The number of rotatable bonds is 8. The molecule has 33 heavy (non-hydrogen) atoms. The zero-order valence-electron chi connectivity index (χ0n) is 19.1. The molecule has 0 aliphatic heterocycles. The molecule has 4 rings (SSSR count). The number of carbonyl (C=O) groups excluding carboxylic acids is 1.